The average Bonchev–Trinajstić information content (AvgIpc) is 3.16. The van der Waals surface area contributed by atoms with E-state index in [0.29, 0.717) is 5.01 Å². The van der Waals surface area contributed by atoms with Crippen LogP contribution < -0.4 is 0 Å². The zero-order chi connectivity index (χ0) is 17.1. The number of ketones is 1. The zero-order valence-electron chi connectivity index (χ0n) is 13.4. The van der Waals surface area contributed by atoms with Crippen molar-refractivity contribution in [2.75, 3.05) is 5.75 Å². The van der Waals surface area contributed by atoms with E-state index in [1.807, 2.05) is 36.6 Å². The number of Topliss-reactive ketones (excluding diaryl/α,β-unsaturated/α-hetero) is 1. The van der Waals surface area contributed by atoms with E-state index in [1.165, 1.54) is 23.1 Å². The number of carbonyl (C=O) groups excluding carboxylic acids is 1. The molecule has 122 valence electrons. The summed E-state index contributed by atoms with van der Waals surface area (Å²) >= 11 is 2.74. The quantitative estimate of drug-likeness (QED) is 0.628. The lowest BCUT2D eigenvalue weighted by atomic mass is 10.1. The molecular weight excluding hydrogens is 340 g/mol. The Morgan fingerprint density at radius 2 is 2.21 bits per heavy atom. The maximum atomic E-state index is 12.5. The fraction of sp³-hybridized carbons (Fsp3) is 0.294. The van der Waals surface area contributed by atoms with Crippen molar-refractivity contribution >= 4 is 39.9 Å². The van der Waals surface area contributed by atoms with Gasteiger partial charge in [0, 0.05) is 17.6 Å². The van der Waals surface area contributed by atoms with E-state index < -0.39 is 5.92 Å². The Kier molecular flexibility index (Phi) is 4.97. The van der Waals surface area contributed by atoms with Crippen molar-refractivity contribution in [2.45, 2.75) is 31.5 Å². The van der Waals surface area contributed by atoms with Crippen LogP contribution in [0.5, 0.6) is 0 Å². The molecule has 24 heavy (non-hydrogen) atoms. The Balaban J connectivity index is 1.78. The van der Waals surface area contributed by atoms with Gasteiger partial charge >= 0.3 is 0 Å². The summed E-state index contributed by atoms with van der Waals surface area (Å²) in [6.45, 7) is 4.69. The Morgan fingerprint density at radius 3 is 2.88 bits per heavy atom. The lowest BCUT2D eigenvalue weighted by molar-refractivity contribution is -0.116. The van der Waals surface area contributed by atoms with E-state index in [9.17, 15) is 10.1 Å². The smallest absolute Gasteiger partial charge is 0.169 e. The highest BCUT2D eigenvalue weighted by atomic mass is 32.2. The van der Waals surface area contributed by atoms with Gasteiger partial charge in [0.1, 0.15) is 5.01 Å². The number of thiazole rings is 1. The first-order chi connectivity index (χ1) is 11.6. The summed E-state index contributed by atoms with van der Waals surface area (Å²) in [6.07, 6.45) is 0. The third-order valence-electron chi connectivity index (χ3n) is 3.61. The van der Waals surface area contributed by atoms with Crippen molar-refractivity contribution in [3.05, 3.63) is 40.3 Å². The molecule has 3 aromatic rings. The van der Waals surface area contributed by atoms with Crippen molar-refractivity contribution < 1.29 is 4.79 Å². The van der Waals surface area contributed by atoms with E-state index >= 15 is 0 Å². The van der Waals surface area contributed by atoms with Crippen molar-refractivity contribution in [3.8, 4) is 6.07 Å². The van der Waals surface area contributed by atoms with Crippen molar-refractivity contribution in [1.82, 2.24) is 14.5 Å². The van der Waals surface area contributed by atoms with Crippen LogP contribution in [0.1, 0.15) is 23.5 Å². The van der Waals surface area contributed by atoms with Gasteiger partial charge in [0.2, 0.25) is 0 Å². The number of benzene rings is 1. The van der Waals surface area contributed by atoms with Gasteiger partial charge in [0.15, 0.2) is 16.9 Å². The van der Waals surface area contributed by atoms with Gasteiger partial charge in [-0.25, -0.2) is 9.97 Å². The molecule has 1 atom stereocenters. The molecule has 0 N–H and O–H groups in total. The third-order valence-corrected chi connectivity index (χ3v) is 5.64. The van der Waals surface area contributed by atoms with E-state index in [0.717, 1.165) is 28.4 Å². The molecule has 0 spiro atoms. The number of hydrogen-bond acceptors (Lipinski definition) is 6. The van der Waals surface area contributed by atoms with Crippen LogP contribution in [0.15, 0.2) is 34.8 Å². The number of thioether (sulfide) groups is 1. The Bertz CT molecular complexity index is 922. The number of rotatable bonds is 6. The Morgan fingerprint density at radius 1 is 1.42 bits per heavy atom. The number of carbonyl (C=O) groups is 1. The molecule has 7 heteroatoms. The summed E-state index contributed by atoms with van der Waals surface area (Å²) in [5, 5.41) is 12.6. The average molecular weight is 356 g/mol. The van der Waals surface area contributed by atoms with E-state index in [4.69, 9.17) is 0 Å². The highest BCUT2D eigenvalue weighted by Gasteiger charge is 2.24. The lowest BCUT2D eigenvalue weighted by Gasteiger charge is -2.07. The van der Waals surface area contributed by atoms with Crippen LogP contribution in [0.3, 0.4) is 0 Å². The number of nitrogens with zero attached hydrogens (tertiary/aromatic N) is 4. The van der Waals surface area contributed by atoms with Crippen molar-refractivity contribution in [3.63, 3.8) is 0 Å². The topological polar surface area (TPSA) is 71.6 Å². The van der Waals surface area contributed by atoms with Crippen LogP contribution >= 0.6 is 23.1 Å². The normalized spacial score (nSPS) is 12.2. The number of para-hydroxylation sites is 2. The second kappa shape index (κ2) is 7.16. The van der Waals surface area contributed by atoms with Gasteiger partial charge in [0.25, 0.3) is 0 Å². The zero-order valence-corrected chi connectivity index (χ0v) is 15.0. The van der Waals surface area contributed by atoms with Crippen LogP contribution in [-0.4, -0.2) is 26.1 Å². The molecule has 0 fully saturated rings. The Labute approximate surface area is 148 Å². The molecule has 0 unspecified atom stereocenters. The highest BCUT2D eigenvalue weighted by Crippen LogP contribution is 2.27. The fourth-order valence-corrected chi connectivity index (χ4v) is 4.30. The van der Waals surface area contributed by atoms with Gasteiger partial charge < -0.3 is 4.57 Å². The first kappa shape index (κ1) is 16.7. The molecule has 0 aliphatic rings. The Hall–Kier alpha value is -2.17. The van der Waals surface area contributed by atoms with Crippen molar-refractivity contribution in [1.29, 1.82) is 5.26 Å². The summed E-state index contributed by atoms with van der Waals surface area (Å²) < 4.78 is 2.09. The number of aryl methyl sites for hydroxylation is 2. The van der Waals surface area contributed by atoms with Gasteiger partial charge in [-0.2, -0.15) is 5.26 Å². The molecule has 3 rings (SSSR count). The van der Waals surface area contributed by atoms with Gasteiger partial charge in [-0.05, 0) is 26.0 Å². The first-order valence-electron chi connectivity index (χ1n) is 7.56. The molecule has 2 heterocycles. The summed E-state index contributed by atoms with van der Waals surface area (Å²) in [5.74, 6) is -0.720. The largest absolute Gasteiger partial charge is 0.319 e. The van der Waals surface area contributed by atoms with Crippen LogP contribution in [0.4, 0.5) is 0 Å². The minimum atomic E-state index is -0.796. The number of hydrogen-bond donors (Lipinski definition) is 0. The van der Waals surface area contributed by atoms with E-state index in [1.54, 1.807) is 0 Å². The molecule has 0 radical (unpaired) electrons. The minimum absolute atomic E-state index is 0.133. The molecule has 1 aromatic carbocycles. The number of nitriles is 1. The monoisotopic (exact) mass is 356 g/mol. The molecule has 0 saturated carbocycles. The van der Waals surface area contributed by atoms with E-state index in [2.05, 4.69) is 27.5 Å². The second-order valence-electron chi connectivity index (χ2n) is 5.27. The summed E-state index contributed by atoms with van der Waals surface area (Å²) in [4.78, 5) is 21.3. The van der Waals surface area contributed by atoms with Gasteiger partial charge in [-0.15, -0.1) is 11.3 Å². The first-order valence-corrected chi connectivity index (χ1v) is 9.43. The second-order valence-corrected chi connectivity index (χ2v) is 7.10. The molecule has 0 saturated heterocycles. The SMILES string of the molecule is CCn1c(SCC(=O)[C@@H](C#N)c2nc(C)cs2)nc2ccccc21. The van der Waals surface area contributed by atoms with Crippen LogP contribution in [0.25, 0.3) is 11.0 Å². The molecule has 0 aliphatic carbocycles. The van der Waals surface area contributed by atoms with Gasteiger partial charge in [0.05, 0.1) is 22.9 Å². The molecule has 2 aromatic heterocycles. The van der Waals surface area contributed by atoms with Crippen molar-refractivity contribution in [2.24, 2.45) is 0 Å². The predicted octanol–water partition coefficient (Wildman–Crippen LogP) is 3.79. The van der Waals surface area contributed by atoms with Gasteiger partial charge in [-0.1, -0.05) is 23.9 Å². The summed E-state index contributed by atoms with van der Waals surface area (Å²) in [5.41, 5.74) is 2.81. The number of fused-ring (bicyclic) bond motifs is 1. The summed E-state index contributed by atoms with van der Waals surface area (Å²) in [7, 11) is 0. The molecule has 0 aliphatic heterocycles. The molecule has 5 nitrogen and oxygen atoms in total. The number of aromatic nitrogens is 3. The van der Waals surface area contributed by atoms with Crippen LogP contribution in [0.2, 0.25) is 0 Å². The standard InChI is InChI=1S/C17H16N4OS2/c1-3-21-14-7-5-4-6-13(14)20-17(21)24-10-15(22)12(8-18)16-19-11(2)9-23-16/h4-7,9,12H,3,10H2,1-2H3/t12-/m1/s1. The highest BCUT2D eigenvalue weighted by molar-refractivity contribution is 7.99. The molecule has 0 bridgehead atoms. The van der Waals surface area contributed by atoms with E-state index in [-0.39, 0.29) is 11.5 Å². The van der Waals surface area contributed by atoms with Crippen LogP contribution in [0, 0.1) is 18.3 Å². The third kappa shape index (κ3) is 3.21. The maximum Gasteiger partial charge on any atom is 0.169 e. The molecular formula is C17H16N4OS2. The minimum Gasteiger partial charge on any atom is -0.319 e. The lowest BCUT2D eigenvalue weighted by Crippen LogP contribution is -2.13. The number of imidazole rings is 1. The molecule has 0 amide bonds. The van der Waals surface area contributed by atoms with Crippen LogP contribution in [-0.2, 0) is 11.3 Å². The maximum absolute atomic E-state index is 12.5. The van der Waals surface area contributed by atoms with Gasteiger partial charge in [-0.3, -0.25) is 4.79 Å². The predicted molar refractivity (Wildman–Crippen MR) is 96.3 cm³/mol. The fourth-order valence-electron chi connectivity index (χ4n) is 2.46. The summed E-state index contributed by atoms with van der Waals surface area (Å²) in [6, 6.07) is 9.99.